The average molecular weight is 369 g/mol. The van der Waals surface area contributed by atoms with Crippen molar-refractivity contribution in [1.29, 1.82) is 0 Å². The highest BCUT2D eigenvalue weighted by atomic mass is 32.2. The van der Waals surface area contributed by atoms with E-state index in [9.17, 15) is 13.2 Å². The van der Waals surface area contributed by atoms with E-state index in [-0.39, 0.29) is 22.8 Å². The van der Waals surface area contributed by atoms with E-state index in [0.29, 0.717) is 18.0 Å². The van der Waals surface area contributed by atoms with E-state index in [2.05, 4.69) is 14.9 Å². The van der Waals surface area contributed by atoms with Crippen LogP contribution in [0, 0.1) is 5.92 Å². The second-order valence-corrected chi connectivity index (χ2v) is 8.44. The molecule has 0 aliphatic carbocycles. The third-order valence-corrected chi connectivity index (χ3v) is 5.78. The lowest BCUT2D eigenvalue weighted by Crippen LogP contribution is -2.38. The molecule has 0 unspecified atom stereocenters. The molecule has 1 aromatic carbocycles. The third kappa shape index (κ3) is 5.17. The predicted molar refractivity (Wildman–Crippen MR) is 97.3 cm³/mol. The van der Waals surface area contributed by atoms with Crippen LogP contribution in [0.3, 0.4) is 0 Å². The Kier molecular flexibility index (Phi) is 6.42. The van der Waals surface area contributed by atoms with E-state index in [1.54, 1.807) is 19.9 Å². The van der Waals surface area contributed by atoms with Crippen LogP contribution in [-0.4, -0.2) is 52.5 Å². The highest BCUT2D eigenvalue weighted by Crippen LogP contribution is 2.29. The van der Waals surface area contributed by atoms with E-state index in [4.69, 9.17) is 4.74 Å². The van der Waals surface area contributed by atoms with Crippen LogP contribution >= 0.6 is 0 Å². The summed E-state index contributed by atoms with van der Waals surface area (Å²) in [5.74, 6) is 0.203. The number of rotatable bonds is 6. The van der Waals surface area contributed by atoms with Crippen molar-refractivity contribution in [1.82, 2.24) is 9.62 Å². The Morgan fingerprint density at radius 3 is 2.68 bits per heavy atom. The van der Waals surface area contributed by atoms with Crippen LogP contribution in [0.15, 0.2) is 23.1 Å². The number of methoxy groups -OCH3 is 1. The molecule has 0 aromatic heterocycles. The summed E-state index contributed by atoms with van der Waals surface area (Å²) in [6.45, 7) is 5.19. The Morgan fingerprint density at radius 1 is 1.36 bits per heavy atom. The maximum absolute atomic E-state index is 12.6. The smallest absolute Gasteiger partial charge is 0.240 e. The molecule has 0 spiro atoms. The number of ether oxygens (including phenoxy) is 1. The van der Waals surface area contributed by atoms with Crippen molar-refractivity contribution in [3.63, 3.8) is 0 Å². The molecule has 0 radical (unpaired) electrons. The second-order valence-electron chi connectivity index (χ2n) is 6.73. The van der Waals surface area contributed by atoms with Gasteiger partial charge in [0, 0.05) is 12.6 Å². The van der Waals surface area contributed by atoms with Crippen molar-refractivity contribution in [2.45, 2.75) is 37.6 Å². The minimum absolute atomic E-state index is 0.0954. The van der Waals surface area contributed by atoms with Gasteiger partial charge < -0.3 is 15.0 Å². The van der Waals surface area contributed by atoms with Crippen molar-refractivity contribution in [3.8, 4) is 5.75 Å². The minimum Gasteiger partial charge on any atom is -0.495 e. The van der Waals surface area contributed by atoms with Crippen molar-refractivity contribution >= 4 is 21.6 Å². The maximum atomic E-state index is 12.6. The number of sulfonamides is 1. The lowest BCUT2D eigenvalue weighted by molar-refractivity contribution is -0.121. The molecule has 1 fully saturated rings. The van der Waals surface area contributed by atoms with Crippen molar-refractivity contribution < 1.29 is 17.9 Å². The van der Waals surface area contributed by atoms with Gasteiger partial charge in [0.25, 0.3) is 0 Å². The van der Waals surface area contributed by atoms with Crippen LogP contribution in [0.1, 0.15) is 26.7 Å². The van der Waals surface area contributed by atoms with Gasteiger partial charge >= 0.3 is 0 Å². The minimum atomic E-state index is -3.64. The molecular formula is C17H27N3O4S. The number of nitrogens with one attached hydrogen (secondary N) is 2. The summed E-state index contributed by atoms with van der Waals surface area (Å²) in [5.41, 5.74) is 0.368. The summed E-state index contributed by atoms with van der Waals surface area (Å²) in [4.78, 5) is 14.8. The van der Waals surface area contributed by atoms with E-state index < -0.39 is 10.0 Å². The molecule has 7 nitrogen and oxygen atoms in total. The first-order chi connectivity index (χ1) is 11.7. The normalized spacial score (nSPS) is 19.0. The van der Waals surface area contributed by atoms with Crippen LogP contribution in [-0.2, 0) is 14.8 Å². The number of nitrogens with zero attached hydrogens (tertiary/aromatic N) is 1. The SMILES string of the molecule is COc1ccc(S(=O)(=O)NC(C)C)cc1NC(=O)[C@H]1CCCN(C)C1. The highest BCUT2D eigenvalue weighted by molar-refractivity contribution is 7.89. The number of carbonyl (C=O) groups is 1. The quantitative estimate of drug-likeness (QED) is 0.796. The molecule has 1 atom stereocenters. The molecule has 8 heteroatoms. The molecule has 1 heterocycles. The predicted octanol–water partition coefficient (Wildman–Crippen LogP) is 1.66. The highest BCUT2D eigenvalue weighted by Gasteiger charge is 2.25. The van der Waals surface area contributed by atoms with Gasteiger partial charge in [0.1, 0.15) is 5.75 Å². The first kappa shape index (κ1) is 19.7. The van der Waals surface area contributed by atoms with Crippen molar-refractivity contribution in [2.24, 2.45) is 5.92 Å². The van der Waals surface area contributed by atoms with E-state index >= 15 is 0 Å². The van der Waals surface area contributed by atoms with Gasteiger partial charge in [0.2, 0.25) is 15.9 Å². The molecule has 1 aromatic rings. The van der Waals surface area contributed by atoms with Gasteiger partial charge in [-0.1, -0.05) is 0 Å². The molecule has 0 bridgehead atoms. The van der Waals surface area contributed by atoms with Gasteiger partial charge in [0.15, 0.2) is 0 Å². The molecule has 0 saturated carbocycles. The van der Waals surface area contributed by atoms with E-state index in [1.165, 1.54) is 19.2 Å². The molecule has 2 rings (SSSR count). The monoisotopic (exact) mass is 369 g/mol. The number of likely N-dealkylation sites (tertiary alicyclic amines) is 1. The molecule has 1 aliphatic heterocycles. The van der Waals surface area contributed by atoms with Gasteiger partial charge in [-0.15, -0.1) is 0 Å². The Bertz CT molecular complexity index is 719. The van der Waals surface area contributed by atoms with Gasteiger partial charge in [-0.2, -0.15) is 0 Å². The number of piperidine rings is 1. The number of hydrogen-bond acceptors (Lipinski definition) is 5. The van der Waals surface area contributed by atoms with Crippen molar-refractivity contribution in [2.75, 3.05) is 32.6 Å². The lowest BCUT2D eigenvalue weighted by Gasteiger charge is -2.28. The largest absolute Gasteiger partial charge is 0.495 e. The lowest BCUT2D eigenvalue weighted by atomic mass is 9.97. The fourth-order valence-electron chi connectivity index (χ4n) is 2.95. The number of benzene rings is 1. The number of hydrogen-bond donors (Lipinski definition) is 2. The summed E-state index contributed by atoms with van der Waals surface area (Å²) < 4.78 is 32.5. The molecule has 140 valence electrons. The zero-order chi connectivity index (χ0) is 18.6. The molecule has 2 N–H and O–H groups in total. The summed E-state index contributed by atoms with van der Waals surface area (Å²) in [6.07, 6.45) is 1.80. The first-order valence-corrected chi connectivity index (χ1v) is 9.91. The number of anilines is 1. The zero-order valence-electron chi connectivity index (χ0n) is 15.2. The first-order valence-electron chi connectivity index (χ1n) is 8.42. The van der Waals surface area contributed by atoms with E-state index in [1.807, 2.05) is 7.05 Å². The number of carbonyl (C=O) groups excluding carboxylic acids is 1. The molecule has 1 saturated heterocycles. The van der Waals surface area contributed by atoms with Gasteiger partial charge in [-0.25, -0.2) is 13.1 Å². The molecule has 1 aliphatic rings. The topological polar surface area (TPSA) is 87.7 Å². The molecule has 1 amide bonds. The van der Waals surface area contributed by atoms with Crippen LogP contribution in [0.5, 0.6) is 5.75 Å². The van der Waals surface area contributed by atoms with Crippen molar-refractivity contribution in [3.05, 3.63) is 18.2 Å². The summed E-state index contributed by atoms with van der Waals surface area (Å²) in [5, 5.41) is 2.83. The summed E-state index contributed by atoms with van der Waals surface area (Å²) in [7, 11) is -0.165. The Labute approximate surface area is 149 Å². The van der Waals surface area contributed by atoms with Crippen LogP contribution in [0.25, 0.3) is 0 Å². The third-order valence-electron chi connectivity index (χ3n) is 4.13. The van der Waals surface area contributed by atoms with Crippen LogP contribution in [0.4, 0.5) is 5.69 Å². The fraction of sp³-hybridized carbons (Fsp3) is 0.588. The maximum Gasteiger partial charge on any atom is 0.240 e. The second kappa shape index (κ2) is 8.16. The Balaban J connectivity index is 2.24. The van der Waals surface area contributed by atoms with Crippen LogP contribution < -0.4 is 14.8 Å². The zero-order valence-corrected chi connectivity index (χ0v) is 16.0. The number of amides is 1. The average Bonchev–Trinajstić information content (AvgIpc) is 2.53. The molecule has 25 heavy (non-hydrogen) atoms. The Morgan fingerprint density at radius 2 is 2.08 bits per heavy atom. The molecular weight excluding hydrogens is 342 g/mol. The standard InChI is InChI=1S/C17H27N3O4S/c1-12(2)19-25(22,23)14-7-8-16(24-4)15(10-14)18-17(21)13-6-5-9-20(3)11-13/h7-8,10,12-13,19H,5-6,9,11H2,1-4H3,(H,18,21)/t13-/m0/s1. The van der Waals surface area contributed by atoms with Gasteiger partial charge in [-0.3, -0.25) is 4.79 Å². The van der Waals surface area contributed by atoms with Gasteiger partial charge in [0.05, 0.1) is 23.6 Å². The van der Waals surface area contributed by atoms with E-state index in [0.717, 1.165) is 19.4 Å². The van der Waals surface area contributed by atoms with Crippen LogP contribution in [0.2, 0.25) is 0 Å². The Hall–Kier alpha value is -1.64. The fourth-order valence-corrected chi connectivity index (χ4v) is 4.22. The van der Waals surface area contributed by atoms with Gasteiger partial charge in [-0.05, 0) is 58.5 Å². The summed E-state index contributed by atoms with van der Waals surface area (Å²) in [6, 6.07) is 4.24. The summed E-state index contributed by atoms with van der Waals surface area (Å²) >= 11 is 0.